The maximum absolute atomic E-state index is 9.17. The molecule has 0 saturated carbocycles. The van der Waals surface area contributed by atoms with Gasteiger partial charge in [-0.15, -0.1) is 0 Å². The van der Waals surface area contributed by atoms with Crippen LogP contribution in [-0.2, 0) is 12.8 Å². The summed E-state index contributed by atoms with van der Waals surface area (Å²) < 4.78 is 0. The Bertz CT molecular complexity index is 1830. The van der Waals surface area contributed by atoms with Gasteiger partial charge in [0.25, 0.3) is 0 Å². The Labute approximate surface area is 286 Å². The smallest absolute Gasteiger partial charge is 0.0719 e. The van der Waals surface area contributed by atoms with Crippen LogP contribution in [0.2, 0.25) is 0 Å². The number of nitrogens with one attached hydrogen (secondary N) is 4. The minimum Gasteiger partial charge on any atom is -0.396 e. The van der Waals surface area contributed by atoms with Crippen LogP contribution in [0, 0.1) is 27.7 Å². The predicted molar refractivity (Wildman–Crippen MR) is 202 cm³/mol. The zero-order valence-corrected chi connectivity index (χ0v) is 30.0. The Morgan fingerprint density at radius 3 is 1.71 bits per heavy atom. The molecule has 258 valence electrons. The van der Waals surface area contributed by atoms with Crippen molar-refractivity contribution in [2.45, 2.75) is 92.9 Å². The van der Waals surface area contributed by atoms with Gasteiger partial charge in [0.15, 0.2) is 0 Å². The van der Waals surface area contributed by atoms with Gasteiger partial charge in [0, 0.05) is 40.8 Å². The van der Waals surface area contributed by atoms with Crippen molar-refractivity contribution in [2.75, 3.05) is 39.4 Å². The molecule has 5 heterocycles. The molecule has 0 amide bonds. The Morgan fingerprint density at radius 1 is 0.583 bits per heavy atom. The average molecular weight is 653 g/mol. The molecule has 3 aromatic rings. The summed E-state index contributed by atoms with van der Waals surface area (Å²) in [6.07, 6.45) is 11.8. The summed E-state index contributed by atoms with van der Waals surface area (Å²) in [7, 11) is 0. The van der Waals surface area contributed by atoms with E-state index in [0.717, 1.165) is 122 Å². The number of nitrogens with zero attached hydrogens (tertiary/aromatic N) is 2. The second-order valence-electron chi connectivity index (χ2n) is 13.3. The van der Waals surface area contributed by atoms with E-state index in [-0.39, 0.29) is 13.2 Å². The summed E-state index contributed by atoms with van der Waals surface area (Å²) in [5, 5.41) is 25.3. The number of H-pyrrole nitrogens is 2. The van der Waals surface area contributed by atoms with Gasteiger partial charge in [-0.3, -0.25) is 0 Å². The highest BCUT2D eigenvalue weighted by Crippen LogP contribution is 2.35. The molecule has 0 fully saturated rings. The molecule has 2 aliphatic rings. The van der Waals surface area contributed by atoms with Crippen molar-refractivity contribution in [2.24, 2.45) is 0 Å². The molecule has 0 aliphatic carbocycles. The van der Waals surface area contributed by atoms with Crippen molar-refractivity contribution in [1.29, 1.82) is 0 Å². The van der Waals surface area contributed by atoms with Crippen LogP contribution in [0.15, 0.2) is 12.1 Å². The van der Waals surface area contributed by atoms with Crippen LogP contribution in [0.1, 0.15) is 109 Å². The molecule has 0 unspecified atom stereocenters. The van der Waals surface area contributed by atoms with Gasteiger partial charge < -0.3 is 30.8 Å². The highest BCUT2D eigenvalue weighted by Gasteiger charge is 2.20. The lowest BCUT2D eigenvalue weighted by Crippen LogP contribution is -2.18. The van der Waals surface area contributed by atoms with Gasteiger partial charge in [0.1, 0.15) is 0 Å². The molecule has 8 bridgehead atoms. The van der Waals surface area contributed by atoms with Crippen molar-refractivity contribution in [1.82, 2.24) is 30.6 Å². The quantitative estimate of drug-likeness (QED) is 0.0907. The molecule has 0 atom stereocenters. The molecule has 8 nitrogen and oxygen atoms in total. The largest absolute Gasteiger partial charge is 0.396 e. The van der Waals surface area contributed by atoms with Gasteiger partial charge in [-0.05, 0) is 168 Å². The van der Waals surface area contributed by atoms with E-state index < -0.39 is 0 Å². The van der Waals surface area contributed by atoms with Crippen LogP contribution >= 0.6 is 0 Å². The number of fused-ring (bicyclic) bond motifs is 8. The SMILES string of the molecule is CCC1=Cc2nc1c(C)c1cc(CC)c([nH]1)c(C)c1cc(CCCNCCCO)c([nH]1)c(C)c1nc(c2C)C=C1CCCNCCCO. The monoisotopic (exact) mass is 652 g/mol. The lowest BCUT2D eigenvalue weighted by molar-refractivity contribution is 0.286. The molecule has 48 heavy (non-hydrogen) atoms. The normalized spacial score (nSPS) is 12.9. The van der Waals surface area contributed by atoms with Crippen molar-refractivity contribution >= 4 is 45.4 Å². The number of rotatable bonds is 16. The van der Waals surface area contributed by atoms with Crippen LogP contribution in [0.4, 0.5) is 0 Å². The maximum Gasteiger partial charge on any atom is 0.0719 e. The maximum atomic E-state index is 9.17. The third-order valence-corrected chi connectivity index (χ3v) is 9.91. The molecule has 5 rings (SSSR count). The second kappa shape index (κ2) is 16.7. The third kappa shape index (κ3) is 7.84. The number of aliphatic hydroxyl groups is 2. The van der Waals surface area contributed by atoms with E-state index in [1.165, 1.54) is 44.5 Å². The van der Waals surface area contributed by atoms with E-state index in [4.69, 9.17) is 9.97 Å². The zero-order chi connectivity index (χ0) is 34.2. The minimum atomic E-state index is 0.214. The number of aryl methyl sites for hydroxylation is 5. The van der Waals surface area contributed by atoms with E-state index in [2.05, 4.69) is 86.4 Å². The second-order valence-corrected chi connectivity index (χ2v) is 13.3. The number of aromatic amines is 2. The van der Waals surface area contributed by atoms with E-state index >= 15 is 0 Å². The van der Waals surface area contributed by atoms with E-state index in [1.807, 2.05) is 0 Å². The molecule has 6 N–H and O–H groups in total. The van der Waals surface area contributed by atoms with E-state index in [9.17, 15) is 10.2 Å². The third-order valence-electron chi connectivity index (χ3n) is 9.91. The summed E-state index contributed by atoms with van der Waals surface area (Å²) in [5.41, 5.74) is 18.5. The van der Waals surface area contributed by atoms with Gasteiger partial charge in [-0.2, -0.15) is 0 Å². The standard InChI is InChI=1S/C40H56N6O2/c1-7-29-21-33-25(3)34-23-31(13-9-15-41-17-11-19-47)39(44-34)28(6)40-32(14-10-16-42-18-12-20-48)24-36(46-40)27(5)38-30(8-2)22-35(45-38)26(4)37(29)43-33/h21-24,41-42,45-48H,7-20H2,1-6H3. The van der Waals surface area contributed by atoms with Crippen molar-refractivity contribution in [3.63, 3.8) is 0 Å². The Kier molecular flexibility index (Phi) is 12.4. The molecule has 2 aliphatic heterocycles. The number of allylic oxidation sites excluding steroid dienone is 2. The van der Waals surface area contributed by atoms with Crippen LogP contribution in [0.3, 0.4) is 0 Å². The molecule has 0 saturated heterocycles. The number of aromatic nitrogens is 4. The summed E-state index contributed by atoms with van der Waals surface area (Å²) in [6.45, 7) is 17.1. The zero-order valence-electron chi connectivity index (χ0n) is 30.0. The summed E-state index contributed by atoms with van der Waals surface area (Å²) in [5.74, 6) is 0. The fourth-order valence-corrected chi connectivity index (χ4v) is 6.93. The van der Waals surface area contributed by atoms with Crippen LogP contribution in [0.5, 0.6) is 0 Å². The first-order chi connectivity index (χ1) is 23.3. The highest BCUT2D eigenvalue weighted by molar-refractivity contribution is 5.91. The molecular weight excluding hydrogens is 596 g/mol. The van der Waals surface area contributed by atoms with Crippen molar-refractivity contribution < 1.29 is 10.2 Å². The van der Waals surface area contributed by atoms with Crippen molar-refractivity contribution in [3.8, 4) is 0 Å². The van der Waals surface area contributed by atoms with Gasteiger partial charge in [0.2, 0.25) is 0 Å². The highest BCUT2D eigenvalue weighted by atomic mass is 16.3. The van der Waals surface area contributed by atoms with Gasteiger partial charge in [0.05, 0.1) is 22.8 Å². The fraction of sp³-hybridized carbons (Fsp3) is 0.500. The molecule has 0 aromatic carbocycles. The van der Waals surface area contributed by atoms with Gasteiger partial charge >= 0.3 is 0 Å². The lowest BCUT2D eigenvalue weighted by Gasteiger charge is -2.08. The lowest BCUT2D eigenvalue weighted by atomic mass is 10.0. The van der Waals surface area contributed by atoms with Crippen LogP contribution in [0.25, 0.3) is 45.4 Å². The molecule has 8 heteroatoms. The van der Waals surface area contributed by atoms with E-state index in [1.54, 1.807) is 0 Å². The van der Waals surface area contributed by atoms with Gasteiger partial charge in [-0.1, -0.05) is 13.8 Å². The fourth-order valence-electron chi connectivity index (χ4n) is 6.93. The summed E-state index contributed by atoms with van der Waals surface area (Å²) in [4.78, 5) is 18.3. The molecule has 3 aromatic heterocycles. The topological polar surface area (TPSA) is 122 Å². The number of aliphatic hydroxyl groups excluding tert-OH is 2. The molecule has 0 spiro atoms. The van der Waals surface area contributed by atoms with Crippen LogP contribution < -0.4 is 10.6 Å². The first kappa shape index (κ1) is 35.7. The van der Waals surface area contributed by atoms with Gasteiger partial charge in [-0.25, -0.2) is 9.97 Å². The Hall–Kier alpha value is -3.56. The Morgan fingerprint density at radius 2 is 1.10 bits per heavy atom. The van der Waals surface area contributed by atoms with E-state index in [0.29, 0.717) is 0 Å². The first-order valence-electron chi connectivity index (χ1n) is 18.1. The average Bonchev–Trinajstić information content (AvgIpc) is 3.90. The van der Waals surface area contributed by atoms with Crippen LogP contribution in [-0.4, -0.2) is 69.5 Å². The minimum absolute atomic E-state index is 0.214. The number of hydrogen-bond donors (Lipinski definition) is 6. The Balaban J connectivity index is 1.74. The molecular formula is C40H56N6O2. The van der Waals surface area contributed by atoms with Crippen molar-refractivity contribution in [3.05, 3.63) is 68.3 Å². The summed E-state index contributed by atoms with van der Waals surface area (Å²) >= 11 is 0. The number of hydrogen-bond acceptors (Lipinski definition) is 6. The molecule has 0 radical (unpaired) electrons. The first-order valence-corrected chi connectivity index (χ1v) is 18.1. The predicted octanol–water partition coefficient (Wildman–Crippen LogP) is 7.26. The summed E-state index contributed by atoms with van der Waals surface area (Å²) in [6, 6.07) is 4.66.